The number of nitrogens with zero attached hydrogens (tertiary/aromatic N) is 1. The van der Waals surface area contributed by atoms with Crippen molar-refractivity contribution in [1.29, 1.82) is 0 Å². The first-order valence-electron chi connectivity index (χ1n) is 11.0. The molecule has 3 N–H and O–H groups in total. The molecule has 8 heteroatoms. The second-order valence-corrected chi connectivity index (χ2v) is 10.9. The van der Waals surface area contributed by atoms with Gasteiger partial charge in [-0.1, -0.05) is 19.9 Å². The van der Waals surface area contributed by atoms with Gasteiger partial charge in [0.1, 0.15) is 5.84 Å². The number of nitrogens with one attached hydrogen (secondary N) is 3. The molecule has 0 aromatic heterocycles. The molecule has 0 radical (unpaired) electrons. The minimum Gasteiger partial charge on any atom is -0.384 e. The molecular formula is C22H32N4O3S. The highest BCUT2D eigenvalue weighted by Crippen LogP contribution is 2.39. The van der Waals surface area contributed by atoms with Gasteiger partial charge in [-0.05, 0) is 61.6 Å². The van der Waals surface area contributed by atoms with E-state index in [9.17, 15) is 13.2 Å². The van der Waals surface area contributed by atoms with Crippen LogP contribution in [0.2, 0.25) is 0 Å². The van der Waals surface area contributed by atoms with Gasteiger partial charge in [0.05, 0.1) is 10.8 Å². The topological polar surface area (TPSA) is 99.7 Å². The summed E-state index contributed by atoms with van der Waals surface area (Å²) in [6.45, 7) is 5.75. The van der Waals surface area contributed by atoms with Gasteiger partial charge < -0.3 is 10.6 Å². The van der Waals surface area contributed by atoms with Gasteiger partial charge in [0.25, 0.3) is 10.0 Å². The Morgan fingerprint density at radius 2 is 1.97 bits per heavy atom. The second-order valence-electron chi connectivity index (χ2n) is 9.18. The van der Waals surface area contributed by atoms with Crippen LogP contribution >= 0.6 is 0 Å². The van der Waals surface area contributed by atoms with Crippen molar-refractivity contribution in [3.63, 3.8) is 0 Å². The number of aliphatic imine (C=N–C) groups is 1. The number of amidine groups is 1. The van der Waals surface area contributed by atoms with Gasteiger partial charge in [-0.15, -0.1) is 0 Å². The Kier molecular flexibility index (Phi) is 6.04. The van der Waals surface area contributed by atoms with Gasteiger partial charge in [0, 0.05) is 31.2 Å². The fourth-order valence-corrected chi connectivity index (χ4v) is 6.07. The van der Waals surface area contributed by atoms with Gasteiger partial charge in [0.15, 0.2) is 0 Å². The van der Waals surface area contributed by atoms with Crippen LogP contribution in [-0.2, 0) is 14.8 Å². The second kappa shape index (κ2) is 8.57. The molecule has 5 atom stereocenters. The van der Waals surface area contributed by atoms with Gasteiger partial charge in [0.2, 0.25) is 5.91 Å². The van der Waals surface area contributed by atoms with Gasteiger partial charge in [-0.3, -0.25) is 14.5 Å². The molecule has 1 aliphatic carbocycles. The van der Waals surface area contributed by atoms with Crippen LogP contribution in [-0.4, -0.2) is 39.3 Å². The molecule has 5 unspecified atom stereocenters. The van der Waals surface area contributed by atoms with Crippen molar-refractivity contribution in [2.45, 2.75) is 56.9 Å². The van der Waals surface area contributed by atoms with Gasteiger partial charge in [-0.25, -0.2) is 8.42 Å². The molecule has 2 heterocycles. The number of anilines is 1. The average Bonchev–Trinajstić information content (AvgIpc) is 3.20. The first kappa shape index (κ1) is 21.2. The fourth-order valence-electron chi connectivity index (χ4n) is 4.94. The molecule has 2 fully saturated rings. The van der Waals surface area contributed by atoms with Crippen molar-refractivity contribution in [3.05, 3.63) is 24.3 Å². The zero-order valence-corrected chi connectivity index (χ0v) is 18.5. The third-order valence-electron chi connectivity index (χ3n) is 6.95. The largest absolute Gasteiger partial charge is 0.384 e. The highest BCUT2D eigenvalue weighted by atomic mass is 32.2. The van der Waals surface area contributed by atoms with E-state index in [4.69, 9.17) is 0 Å². The molecule has 30 heavy (non-hydrogen) atoms. The quantitative estimate of drug-likeness (QED) is 0.666. The van der Waals surface area contributed by atoms with Crippen LogP contribution in [0.15, 0.2) is 34.2 Å². The molecule has 1 aromatic rings. The van der Waals surface area contributed by atoms with Crippen molar-refractivity contribution < 1.29 is 13.2 Å². The van der Waals surface area contributed by atoms with Gasteiger partial charge >= 0.3 is 0 Å². The highest BCUT2D eigenvalue weighted by molar-refractivity contribution is 7.90. The molecule has 3 aliphatic rings. The molecule has 2 aliphatic heterocycles. The Morgan fingerprint density at radius 1 is 1.17 bits per heavy atom. The van der Waals surface area contributed by atoms with E-state index in [0.29, 0.717) is 54.8 Å². The lowest BCUT2D eigenvalue weighted by Gasteiger charge is -2.44. The Balaban J connectivity index is 1.38. The van der Waals surface area contributed by atoms with E-state index in [2.05, 4.69) is 34.2 Å². The molecule has 1 amide bonds. The molecule has 0 spiro atoms. The summed E-state index contributed by atoms with van der Waals surface area (Å²) in [6, 6.07) is 7.05. The molecule has 1 aromatic carbocycles. The van der Waals surface area contributed by atoms with Crippen LogP contribution < -0.4 is 15.4 Å². The summed E-state index contributed by atoms with van der Waals surface area (Å²) in [6.07, 6.45) is 4.65. The third kappa shape index (κ3) is 4.63. The molecule has 7 nitrogen and oxygen atoms in total. The SMILES string of the molecule is CC1CC2CC(CNc3cccc(S(=O)(=O)NC4=NCCC4)c3)C(=O)NC2CC1C. The Bertz CT molecular complexity index is 930. The smallest absolute Gasteiger partial charge is 0.262 e. The summed E-state index contributed by atoms with van der Waals surface area (Å²) in [5, 5.41) is 6.52. The molecule has 1 saturated heterocycles. The van der Waals surface area contributed by atoms with E-state index in [1.165, 1.54) is 0 Å². The lowest BCUT2D eigenvalue weighted by atomic mass is 9.68. The maximum absolute atomic E-state index is 12.6. The number of hydrogen-bond donors (Lipinski definition) is 3. The number of rotatable bonds is 5. The number of carbonyl (C=O) groups is 1. The zero-order chi connectivity index (χ0) is 21.3. The minimum absolute atomic E-state index is 0.0990. The van der Waals surface area contributed by atoms with Crippen molar-refractivity contribution in [2.75, 3.05) is 18.4 Å². The van der Waals surface area contributed by atoms with E-state index < -0.39 is 10.0 Å². The number of benzene rings is 1. The number of hydrogen-bond acceptors (Lipinski definition) is 5. The Hall–Kier alpha value is -2.09. The first-order valence-corrected chi connectivity index (χ1v) is 12.5. The normalized spacial score (nSPS) is 31.5. The van der Waals surface area contributed by atoms with E-state index >= 15 is 0 Å². The van der Waals surface area contributed by atoms with Crippen LogP contribution in [0.25, 0.3) is 0 Å². The summed E-state index contributed by atoms with van der Waals surface area (Å²) in [4.78, 5) is 17.0. The van der Waals surface area contributed by atoms with Crippen molar-refractivity contribution in [2.24, 2.45) is 28.7 Å². The van der Waals surface area contributed by atoms with E-state index in [1.54, 1.807) is 18.2 Å². The summed E-state index contributed by atoms with van der Waals surface area (Å²) < 4.78 is 27.8. The van der Waals surface area contributed by atoms with Crippen molar-refractivity contribution >= 4 is 27.5 Å². The number of piperidine rings is 1. The van der Waals surface area contributed by atoms with Crippen LogP contribution in [0.5, 0.6) is 0 Å². The highest BCUT2D eigenvalue weighted by Gasteiger charge is 2.40. The predicted octanol–water partition coefficient (Wildman–Crippen LogP) is 2.76. The predicted molar refractivity (Wildman–Crippen MR) is 118 cm³/mol. The standard InChI is InChI=1S/C22H32N4O3S/c1-14-9-16-11-17(22(27)25-20(16)10-15(14)2)13-24-18-5-3-6-19(12-18)30(28,29)26-21-7-4-8-23-21/h3,5-6,12,14-17,20,24H,4,7-11,13H2,1-2H3,(H,23,26)(H,25,27). The van der Waals surface area contributed by atoms with E-state index in [0.717, 1.165) is 25.7 Å². The zero-order valence-electron chi connectivity index (χ0n) is 17.7. The molecule has 1 saturated carbocycles. The van der Waals surface area contributed by atoms with E-state index in [1.807, 2.05) is 6.07 Å². The third-order valence-corrected chi connectivity index (χ3v) is 8.33. The number of sulfonamides is 1. The summed E-state index contributed by atoms with van der Waals surface area (Å²) >= 11 is 0. The maximum Gasteiger partial charge on any atom is 0.262 e. The molecule has 164 valence electrons. The van der Waals surface area contributed by atoms with Crippen molar-refractivity contribution in [3.8, 4) is 0 Å². The summed E-state index contributed by atoms with van der Waals surface area (Å²) in [5.74, 6) is 2.40. The summed E-state index contributed by atoms with van der Waals surface area (Å²) in [5.41, 5.74) is 0.701. The van der Waals surface area contributed by atoms with Crippen LogP contribution in [0.3, 0.4) is 0 Å². The fraction of sp³-hybridized carbons (Fsp3) is 0.636. The monoisotopic (exact) mass is 432 g/mol. The number of amides is 1. The molecule has 4 rings (SSSR count). The Morgan fingerprint density at radius 3 is 2.73 bits per heavy atom. The lowest BCUT2D eigenvalue weighted by molar-refractivity contribution is -0.130. The molecule has 0 bridgehead atoms. The minimum atomic E-state index is -3.65. The van der Waals surface area contributed by atoms with E-state index in [-0.39, 0.29) is 16.7 Å². The number of carbonyl (C=O) groups excluding carboxylic acids is 1. The number of fused-ring (bicyclic) bond motifs is 1. The summed E-state index contributed by atoms with van der Waals surface area (Å²) in [7, 11) is -3.65. The Labute approximate surface area is 179 Å². The average molecular weight is 433 g/mol. The van der Waals surface area contributed by atoms with Crippen LogP contribution in [0.4, 0.5) is 5.69 Å². The van der Waals surface area contributed by atoms with Crippen LogP contribution in [0, 0.1) is 23.7 Å². The van der Waals surface area contributed by atoms with Crippen LogP contribution in [0.1, 0.15) is 46.0 Å². The lowest BCUT2D eigenvalue weighted by Crippen LogP contribution is -2.54. The van der Waals surface area contributed by atoms with Gasteiger partial charge in [-0.2, -0.15) is 0 Å². The molecular weight excluding hydrogens is 400 g/mol. The first-order chi connectivity index (χ1) is 14.3. The van der Waals surface area contributed by atoms with Crippen molar-refractivity contribution in [1.82, 2.24) is 10.0 Å². The maximum atomic E-state index is 12.6.